The summed E-state index contributed by atoms with van der Waals surface area (Å²) in [7, 11) is 2.06. The molecule has 1 aliphatic heterocycles. The lowest BCUT2D eigenvalue weighted by Crippen LogP contribution is -2.25. The van der Waals surface area contributed by atoms with Gasteiger partial charge in [0.05, 0.1) is 0 Å². The first kappa shape index (κ1) is 12.5. The lowest BCUT2D eigenvalue weighted by atomic mass is 9.93. The summed E-state index contributed by atoms with van der Waals surface area (Å²) in [5.41, 5.74) is 6.93. The van der Waals surface area contributed by atoms with Crippen LogP contribution in [0.15, 0.2) is 24.3 Å². The van der Waals surface area contributed by atoms with E-state index in [0.717, 1.165) is 18.5 Å². The van der Waals surface area contributed by atoms with Gasteiger partial charge in [-0.25, -0.2) is 8.78 Å². The summed E-state index contributed by atoms with van der Waals surface area (Å²) in [6, 6.07) is 6.90. The molecule has 2 rings (SSSR count). The quantitative estimate of drug-likeness (QED) is 0.879. The predicted octanol–water partition coefficient (Wildman–Crippen LogP) is 2.58. The van der Waals surface area contributed by atoms with Crippen molar-refractivity contribution in [3.8, 4) is 0 Å². The Labute approximate surface area is 100 Å². The Kier molecular flexibility index (Phi) is 3.74. The second kappa shape index (κ2) is 5.10. The number of hydrogen-bond donors (Lipinski definition) is 1. The molecule has 2 unspecified atom stereocenters. The van der Waals surface area contributed by atoms with Crippen molar-refractivity contribution < 1.29 is 8.78 Å². The number of nitrogens with zero attached hydrogens (tertiary/aromatic N) is 1. The minimum Gasteiger partial charge on any atom is -0.330 e. The van der Waals surface area contributed by atoms with E-state index in [1.165, 1.54) is 12.1 Å². The molecular formula is C13H18F2N2. The number of nitrogens with two attached hydrogens (primary N) is 1. The highest BCUT2D eigenvalue weighted by atomic mass is 19.3. The van der Waals surface area contributed by atoms with Crippen LogP contribution in [0.3, 0.4) is 0 Å². The van der Waals surface area contributed by atoms with Crippen molar-refractivity contribution >= 4 is 0 Å². The maximum absolute atomic E-state index is 12.5. The van der Waals surface area contributed by atoms with Crippen LogP contribution >= 0.6 is 0 Å². The standard InChI is InChI=1S/C13H18F2N2/c1-17-7-6-11(8-16)12(17)9-2-4-10(5-3-9)13(14)15/h2-5,11-13H,6-8,16H2,1H3. The minimum absolute atomic E-state index is 0.0821. The number of alkyl halides is 2. The molecule has 0 aromatic heterocycles. The molecule has 4 heteroatoms. The van der Waals surface area contributed by atoms with E-state index in [-0.39, 0.29) is 11.6 Å². The Morgan fingerprint density at radius 3 is 2.53 bits per heavy atom. The van der Waals surface area contributed by atoms with E-state index in [4.69, 9.17) is 5.73 Å². The fourth-order valence-corrected chi connectivity index (χ4v) is 2.64. The van der Waals surface area contributed by atoms with E-state index >= 15 is 0 Å². The van der Waals surface area contributed by atoms with Crippen LogP contribution in [0, 0.1) is 5.92 Å². The van der Waals surface area contributed by atoms with Crippen LogP contribution in [0.2, 0.25) is 0 Å². The van der Waals surface area contributed by atoms with Crippen LogP contribution in [0.1, 0.15) is 30.0 Å². The van der Waals surface area contributed by atoms with Crippen molar-refractivity contribution in [1.82, 2.24) is 4.90 Å². The number of halogens is 2. The zero-order chi connectivity index (χ0) is 12.4. The summed E-state index contributed by atoms with van der Waals surface area (Å²) in [5, 5.41) is 0. The zero-order valence-electron chi connectivity index (χ0n) is 9.94. The smallest absolute Gasteiger partial charge is 0.263 e. The summed E-state index contributed by atoms with van der Waals surface area (Å²) >= 11 is 0. The molecule has 94 valence electrons. The van der Waals surface area contributed by atoms with Gasteiger partial charge in [-0.05, 0) is 38.0 Å². The van der Waals surface area contributed by atoms with Gasteiger partial charge in [-0.2, -0.15) is 0 Å². The molecule has 0 saturated carbocycles. The third-order valence-electron chi connectivity index (χ3n) is 3.61. The Morgan fingerprint density at radius 2 is 2.00 bits per heavy atom. The average molecular weight is 240 g/mol. The number of benzene rings is 1. The van der Waals surface area contributed by atoms with Crippen molar-refractivity contribution in [1.29, 1.82) is 0 Å². The van der Waals surface area contributed by atoms with Crippen LogP contribution in [-0.4, -0.2) is 25.0 Å². The summed E-state index contributed by atoms with van der Waals surface area (Å²) in [4.78, 5) is 2.24. The van der Waals surface area contributed by atoms with E-state index < -0.39 is 6.43 Å². The van der Waals surface area contributed by atoms with Crippen LogP contribution in [0.4, 0.5) is 8.78 Å². The van der Waals surface area contributed by atoms with Crippen molar-refractivity contribution in [2.24, 2.45) is 11.7 Å². The van der Waals surface area contributed by atoms with Crippen molar-refractivity contribution in [3.05, 3.63) is 35.4 Å². The highest BCUT2D eigenvalue weighted by Crippen LogP contribution is 2.35. The molecule has 0 bridgehead atoms. The normalized spacial score (nSPS) is 25.7. The third-order valence-corrected chi connectivity index (χ3v) is 3.61. The van der Waals surface area contributed by atoms with Gasteiger partial charge in [0.2, 0.25) is 0 Å². The second-order valence-electron chi connectivity index (χ2n) is 4.68. The van der Waals surface area contributed by atoms with E-state index in [1.807, 2.05) is 0 Å². The first-order valence-corrected chi connectivity index (χ1v) is 5.91. The summed E-state index contributed by atoms with van der Waals surface area (Å²) < 4.78 is 24.9. The largest absolute Gasteiger partial charge is 0.330 e. The van der Waals surface area contributed by atoms with E-state index in [2.05, 4.69) is 11.9 Å². The van der Waals surface area contributed by atoms with E-state index in [1.54, 1.807) is 12.1 Å². The number of hydrogen-bond acceptors (Lipinski definition) is 2. The van der Waals surface area contributed by atoms with Crippen molar-refractivity contribution in [2.75, 3.05) is 20.1 Å². The van der Waals surface area contributed by atoms with Crippen molar-refractivity contribution in [2.45, 2.75) is 18.9 Å². The highest BCUT2D eigenvalue weighted by Gasteiger charge is 2.31. The molecule has 1 aromatic rings. The number of rotatable bonds is 3. The van der Waals surface area contributed by atoms with Gasteiger partial charge in [-0.15, -0.1) is 0 Å². The molecule has 2 nitrogen and oxygen atoms in total. The lowest BCUT2D eigenvalue weighted by Gasteiger charge is -2.24. The molecular weight excluding hydrogens is 222 g/mol. The van der Waals surface area contributed by atoms with Gasteiger partial charge in [0.1, 0.15) is 0 Å². The average Bonchev–Trinajstić information content (AvgIpc) is 2.70. The van der Waals surface area contributed by atoms with Gasteiger partial charge in [-0.3, -0.25) is 4.90 Å². The third kappa shape index (κ3) is 2.48. The van der Waals surface area contributed by atoms with Gasteiger partial charge in [-0.1, -0.05) is 24.3 Å². The fourth-order valence-electron chi connectivity index (χ4n) is 2.64. The van der Waals surface area contributed by atoms with Crippen LogP contribution < -0.4 is 5.73 Å². The Hall–Kier alpha value is -1.00. The molecule has 0 amide bonds. The molecule has 1 aromatic carbocycles. The zero-order valence-corrected chi connectivity index (χ0v) is 9.94. The first-order valence-electron chi connectivity index (χ1n) is 5.91. The van der Waals surface area contributed by atoms with Crippen LogP contribution in [0.5, 0.6) is 0 Å². The molecule has 1 saturated heterocycles. The summed E-state index contributed by atoms with van der Waals surface area (Å²) in [6.07, 6.45) is -1.32. The van der Waals surface area contributed by atoms with Crippen LogP contribution in [0.25, 0.3) is 0 Å². The number of likely N-dealkylation sites (tertiary alicyclic amines) is 1. The fraction of sp³-hybridized carbons (Fsp3) is 0.538. The Bertz CT molecular complexity index is 364. The SMILES string of the molecule is CN1CCC(CN)C1c1ccc(C(F)F)cc1. The summed E-state index contributed by atoms with van der Waals surface area (Å²) in [6.45, 7) is 1.66. The molecule has 2 atom stereocenters. The monoisotopic (exact) mass is 240 g/mol. The first-order chi connectivity index (χ1) is 8.13. The lowest BCUT2D eigenvalue weighted by molar-refractivity contribution is 0.151. The Morgan fingerprint density at radius 1 is 1.35 bits per heavy atom. The molecule has 1 aliphatic rings. The molecule has 0 aliphatic carbocycles. The van der Waals surface area contributed by atoms with Gasteiger partial charge in [0, 0.05) is 11.6 Å². The van der Waals surface area contributed by atoms with Gasteiger partial charge in [0.15, 0.2) is 0 Å². The van der Waals surface area contributed by atoms with Crippen LogP contribution in [-0.2, 0) is 0 Å². The minimum atomic E-state index is -2.39. The van der Waals surface area contributed by atoms with E-state index in [9.17, 15) is 8.78 Å². The summed E-state index contributed by atoms with van der Waals surface area (Å²) in [5.74, 6) is 0.428. The van der Waals surface area contributed by atoms with E-state index in [0.29, 0.717) is 12.5 Å². The molecule has 17 heavy (non-hydrogen) atoms. The van der Waals surface area contributed by atoms with Gasteiger partial charge >= 0.3 is 0 Å². The molecule has 2 N–H and O–H groups in total. The molecule has 0 radical (unpaired) electrons. The van der Waals surface area contributed by atoms with Gasteiger partial charge < -0.3 is 5.73 Å². The maximum atomic E-state index is 12.5. The Balaban J connectivity index is 2.21. The highest BCUT2D eigenvalue weighted by molar-refractivity contribution is 5.27. The topological polar surface area (TPSA) is 29.3 Å². The molecule has 1 heterocycles. The molecule has 0 spiro atoms. The van der Waals surface area contributed by atoms with Crippen molar-refractivity contribution in [3.63, 3.8) is 0 Å². The molecule has 1 fully saturated rings. The van der Waals surface area contributed by atoms with Gasteiger partial charge in [0.25, 0.3) is 6.43 Å². The predicted molar refractivity (Wildman–Crippen MR) is 63.9 cm³/mol. The second-order valence-corrected chi connectivity index (χ2v) is 4.68. The maximum Gasteiger partial charge on any atom is 0.263 e.